The third-order valence-corrected chi connectivity index (χ3v) is 4.79. The van der Waals surface area contributed by atoms with Gasteiger partial charge in [0, 0.05) is 18.7 Å². The van der Waals surface area contributed by atoms with E-state index in [4.69, 9.17) is 4.74 Å². The summed E-state index contributed by atoms with van der Waals surface area (Å²) in [6, 6.07) is 20.1. The monoisotopic (exact) mass is 377 g/mol. The van der Waals surface area contributed by atoms with Crippen molar-refractivity contribution in [1.82, 2.24) is 14.7 Å². The average Bonchev–Trinajstić information content (AvgIpc) is 2.75. The Hall–Kier alpha value is -3.41. The number of hydrogen-bond acceptors (Lipinski definition) is 4. The zero-order chi connectivity index (χ0) is 20.1. The van der Waals surface area contributed by atoms with Crippen LogP contribution in [-0.2, 0) is 11.3 Å². The first-order valence-electron chi connectivity index (χ1n) is 9.03. The quantitative estimate of drug-likeness (QED) is 0.662. The highest BCUT2D eigenvalue weighted by atomic mass is 16.5. The Balaban J connectivity index is 1.79. The van der Waals surface area contributed by atoms with Gasteiger partial charge in [-0.05, 0) is 42.8 Å². The van der Waals surface area contributed by atoms with Crippen molar-refractivity contribution in [3.63, 3.8) is 0 Å². The van der Waals surface area contributed by atoms with E-state index >= 15 is 0 Å². The molecule has 1 atom stereocenters. The van der Waals surface area contributed by atoms with Gasteiger partial charge in [0.1, 0.15) is 12.3 Å². The lowest BCUT2D eigenvalue weighted by Gasteiger charge is -2.25. The number of aromatic nitrogens is 2. The van der Waals surface area contributed by atoms with Crippen LogP contribution < -0.4 is 10.3 Å². The third-order valence-electron chi connectivity index (χ3n) is 4.79. The highest BCUT2D eigenvalue weighted by Gasteiger charge is 2.18. The van der Waals surface area contributed by atoms with Crippen molar-refractivity contribution in [3.05, 3.63) is 82.6 Å². The fourth-order valence-electron chi connectivity index (χ4n) is 2.89. The molecule has 2 aromatic carbocycles. The van der Waals surface area contributed by atoms with Gasteiger partial charge >= 0.3 is 0 Å². The average molecular weight is 377 g/mol. The minimum Gasteiger partial charge on any atom is -0.497 e. The second-order valence-corrected chi connectivity index (χ2v) is 6.53. The van der Waals surface area contributed by atoms with E-state index in [0.717, 1.165) is 16.9 Å². The maximum atomic E-state index is 12.7. The molecule has 28 heavy (non-hydrogen) atoms. The summed E-state index contributed by atoms with van der Waals surface area (Å²) in [7, 11) is 3.34. The van der Waals surface area contributed by atoms with Gasteiger partial charge < -0.3 is 9.64 Å². The van der Waals surface area contributed by atoms with Gasteiger partial charge in [-0.3, -0.25) is 9.59 Å². The van der Waals surface area contributed by atoms with Crippen LogP contribution in [0.3, 0.4) is 0 Å². The highest BCUT2D eigenvalue weighted by Crippen LogP contribution is 2.20. The Morgan fingerprint density at radius 1 is 1.07 bits per heavy atom. The second kappa shape index (κ2) is 8.52. The second-order valence-electron chi connectivity index (χ2n) is 6.53. The summed E-state index contributed by atoms with van der Waals surface area (Å²) in [5.74, 6) is 0.557. The third kappa shape index (κ3) is 4.28. The largest absolute Gasteiger partial charge is 0.497 e. The molecular formula is C22H23N3O3. The van der Waals surface area contributed by atoms with E-state index < -0.39 is 0 Å². The number of carbonyl (C=O) groups excluding carboxylic acids is 1. The molecule has 0 aliphatic carbocycles. The van der Waals surface area contributed by atoms with Crippen LogP contribution in [0.5, 0.6) is 5.75 Å². The van der Waals surface area contributed by atoms with Crippen LogP contribution in [0.1, 0.15) is 18.5 Å². The lowest BCUT2D eigenvalue weighted by Crippen LogP contribution is -2.36. The summed E-state index contributed by atoms with van der Waals surface area (Å²) in [6.45, 7) is 1.84. The van der Waals surface area contributed by atoms with Gasteiger partial charge in [-0.15, -0.1) is 0 Å². The van der Waals surface area contributed by atoms with Gasteiger partial charge in [0.2, 0.25) is 5.91 Å². The van der Waals surface area contributed by atoms with Crippen molar-refractivity contribution in [2.45, 2.75) is 19.5 Å². The number of amides is 1. The zero-order valence-electron chi connectivity index (χ0n) is 16.2. The maximum Gasteiger partial charge on any atom is 0.267 e. The molecule has 0 N–H and O–H groups in total. The van der Waals surface area contributed by atoms with Gasteiger partial charge in [-0.25, -0.2) is 4.68 Å². The number of methoxy groups -OCH3 is 1. The van der Waals surface area contributed by atoms with Crippen molar-refractivity contribution < 1.29 is 9.53 Å². The van der Waals surface area contributed by atoms with E-state index in [-0.39, 0.29) is 24.1 Å². The number of nitrogens with zero attached hydrogens (tertiary/aromatic N) is 3. The predicted molar refractivity (Wildman–Crippen MR) is 108 cm³/mol. The molecular weight excluding hydrogens is 354 g/mol. The van der Waals surface area contributed by atoms with Crippen LogP contribution in [0.25, 0.3) is 11.3 Å². The number of rotatable bonds is 6. The Morgan fingerprint density at radius 3 is 2.39 bits per heavy atom. The van der Waals surface area contributed by atoms with Gasteiger partial charge in [0.15, 0.2) is 0 Å². The van der Waals surface area contributed by atoms with Crippen molar-refractivity contribution in [1.29, 1.82) is 0 Å². The van der Waals surface area contributed by atoms with Gasteiger partial charge in [0.25, 0.3) is 5.56 Å². The normalized spacial score (nSPS) is 11.7. The summed E-state index contributed by atoms with van der Waals surface area (Å²) < 4.78 is 6.36. The molecule has 0 saturated heterocycles. The van der Waals surface area contributed by atoms with E-state index in [1.54, 1.807) is 25.1 Å². The molecule has 3 aromatic rings. The first kappa shape index (κ1) is 19.4. The molecule has 144 valence electrons. The fourth-order valence-corrected chi connectivity index (χ4v) is 2.89. The van der Waals surface area contributed by atoms with Crippen LogP contribution in [0, 0.1) is 0 Å². The molecule has 0 radical (unpaired) electrons. The summed E-state index contributed by atoms with van der Waals surface area (Å²) in [5, 5.41) is 4.37. The number of likely N-dealkylation sites (N-methyl/N-ethyl adjacent to an activating group) is 1. The summed E-state index contributed by atoms with van der Waals surface area (Å²) in [5.41, 5.74) is 2.18. The topological polar surface area (TPSA) is 64.4 Å². The molecule has 1 aromatic heterocycles. The number of hydrogen-bond donors (Lipinski definition) is 0. The van der Waals surface area contributed by atoms with Crippen LogP contribution in [0.2, 0.25) is 0 Å². The van der Waals surface area contributed by atoms with Gasteiger partial charge in [0.05, 0.1) is 18.8 Å². The minimum atomic E-state index is -0.314. The molecule has 0 aliphatic rings. The van der Waals surface area contributed by atoms with E-state index in [1.165, 1.54) is 10.7 Å². The first-order chi connectivity index (χ1) is 13.5. The molecule has 1 heterocycles. The Labute approximate surface area is 164 Å². The van der Waals surface area contributed by atoms with Gasteiger partial charge in [-0.2, -0.15) is 5.10 Å². The molecule has 1 unspecified atom stereocenters. The van der Waals surface area contributed by atoms with Crippen LogP contribution in [0.15, 0.2) is 71.5 Å². The summed E-state index contributed by atoms with van der Waals surface area (Å²) in [4.78, 5) is 26.6. The highest BCUT2D eigenvalue weighted by molar-refractivity contribution is 5.76. The lowest BCUT2D eigenvalue weighted by atomic mass is 10.1. The molecule has 6 nitrogen and oxygen atoms in total. The van der Waals surface area contributed by atoms with Crippen LogP contribution in [0.4, 0.5) is 0 Å². The summed E-state index contributed by atoms with van der Waals surface area (Å²) >= 11 is 0. The lowest BCUT2D eigenvalue weighted by molar-refractivity contribution is -0.132. The Bertz CT molecular complexity index is 998. The molecule has 0 saturated carbocycles. The molecule has 0 bridgehead atoms. The van der Waals surface area contributed by atoms with Gasteiger partial charge in [-0.1, -0.05) is 30.3 Å². The first-order valence-corrected chi connectivity index (χ1v) is 9.03. The van der Waals surface area contributed by atoms with Crippen molar-refractivity contribution in [2.75, 3.05) is 14.2 Å². The van der Waals surface area contributed by atoms with Crippen molar-refractivity contribution >= 4 is 5.91 Å². The van der Waals surface area contributed by atoms with E-state index in [2.05, 4.69) is 5.10 Å². The smallest absolute Gasteiger partial charge is 0.267 e. The number of carbonyl (C=O) groups is 1. The zero-order valence-corrected chi connectivity index (χ0v) is 16.2. The molecule has 3 rings (SSSR count). The predicted octanol–water partition coefficient (Wildman–Crippen LogP) is 3.14. The molecule has 6 heteroatoms. The number of benzene rings is 2. The Morgan fingerprint density at radius 2 is 1.75 bits per heavy atom. The van der Waals surface area contributed by atoms with E-state index in [9.17, 15) is 9.59 Å². The fraction of sp³-hybridized carbons (Fsp3) is 0.227. The standard InChI is InChI=1S/C22H23N3O3/c1-16(17-7-5-4-6-8-17)24(2)22(27)15-25-21(26)14-13-20(23-25)18-9-11-19(28-3)12-10-18/h4-14,16H,15H2,1-3H3. The minimum absolute atomic E-state index is 0.103. The van der Waals surface area contributed by atoms with Crippen molar-refractivity contribution in [2.24, 2.45) is 0 Å². The van der Waals surface area contributed by atoms with Crippen molar-refractivity contribution in [3.8, 4) is 17.0 Å². The SMILES string of the molecule is COc1ccc(-c2ccc(=O)n(CC(=O)N(C)C(C)c3ccccc3)n2)cc1. The maximum absolute atomic E-state index is 12.7. The van der Waals surface area contributed by atoms with Crippen LogP contribution in [-0.4, -0.2) is 34.7 Å². The Kier molecular flexibility index (Phi) is 5.89. The molecule has 0 aliphatic heterocycles. The molecule has 1 amide bonds. The molecule has 0 fully saturated rings. The summed E-state index contributed by atoms with van der Waals surface area (Å²) in [6.07, 6.45) is 0. The van der Waals surface area contributed by atoms with E-state index in [1.807, 2.05) is 61.5 Å². The van der Waals surface area contributed by atoms with E-state index in [0.29, 0.717) is 5.69 Å². The molecule has 0 spiro atoms. The van der Waals surface area contributed by atoms with Crippen LogP contribution >= 0.6 is 0 Å². The number of ether oxygens (including phenoxy) is 1.